The molecule has 1 aliphatic carbocycles. The summed E-state index contributed by atoms with van der Waals surface area (Å²) in [6.07, 6.45) is 1.97. The number of aliphatic hydroxyl groups excluding tert-OH is 1. The molecule has 1 unspecified atom stereocenters. The predicted molar refractivity (Wildman–Crippen MR) is 176 cm³/mol. The van der Waals surface area contributed by atoms with E-state index in [1.165, 1.54) is 18.2 Å². The number of para-hydroxylation sites is 1. The number of hydrogen-bond donors (Lipinski definition) is 7. The molecular weight excluding hydrogens is 603 g/mol. The van der Waals surface area contributed by atoms with Gasteiger partial charge in [-0.25, -0.2) is 8.42 Å². The van der Waals surface area contributed by atoms with Crippen molar-refractivity contribution in [2.24, 2.45) is 9.81 Å². The Morgan fingerprint density at radius 1 is 1.05 bits per heavy atom. The molecule has 1 heterocycles. The molecule has 0 saturated carbocycles. The third-order valence-corrected chi connectivity index (χ3v) is 9.64. The first-order valence-electron chi connectivity index (χ1n) is 13.9. The number of sulfonamides is 1. The average Bonchev–Trinajstić information content (AvgIpc) is 2.92. The molecule has 0 saturated heterocycles. The highest BCUT2D eigenvalue weighted by molar-refractivity contribution is 8.23. The van der Waals surface area contributed by atoms with Crippen LogP contribution in [0.5, 0.6) is 0 Å². The summed E-state index contributed by atoms with van der Waals surface area (Å²) < 4.78 is 52.2. The number of aliphatic hydroxyl groups is 1. The molecule has 234 valence electrons. The van der Waals surface area contributed by atoms with Gasteiger partial charge in [-0.1, -0.05) is 74.0 Å². The maximum atomic E-state index is 14.8. The molecule has 3 aromatic carbocycles. The van der Waals surface area contributed by atoms with E-state index in [2.05, 4.69) is 40.5 Å². The van der Waals surface area contributed by atoms with Crippen molar-refractivity contribution in [3.05, 3.63) is 89.0 Å². The van der Waals surface area contributed by atoms with Crippen LogP contribution in [0, 0.1) is 5.41 Å². The average molecular weight is 640 g/mol. The quantitative estimate of drug-likeness (QED) is 0.148. The van der Waals surface area contributed by atoms with Crippen molar-refractivity contribution in [3.8, 4) is 0 Å². The number of nitrogen functional groups attached to an aromatic ring is 1. The Morgan fingerprint density at radius 3 is 2.41 bits per heavy atom. The lowest BCUT2D eigenvalue weighted by Gasteiger charge is -2.42. The van der Waals surface area contributed by atoms with Gasteiger partial charge in [-0.2, -0.15) is 0 Å². The number of anilines is 3. The largest absolute Gasteiger partial charge is 0.506 e. The molecule has 11 nitrogen and oxygen atoms in total. The molecule has 0 bridgehead atoms. The van der Waals surface area contributed by atoms with Crippen molar-refractivity contribution >= 4 is 55.2 Å². The number of fused-ring (bicyclic) bond motifs is 2. The number of nitrogens with two attached hydrogens (primary N) is 1. The van der Waals surface area contributed by atoms with Crippen LogP contribution in [0.1, 0.15) is 50.3 Å². The summed E-state index contributed by atoms with van der Waals surface area (Å²) in [5, 5.41) is 18.1. The fraction of sp³-hybridized carbons (Fsp3) is 0.290. The van der Waals surface area contributed by atoms with Gasteiger partial charge in [0.15, 0.2) is 11.6 Å². The fourth-order valence-corrected chi connectivity index (χ4v) is 7.18. The third-order valence-electron chi connectivity index (χ3n) is 7.67. The Labute approximate surface area is 258 Å². The number of carbonyl (C=O) groups is 1. The standard InChI is InChI=1S/C31H37N5O6S2/c1-30(2,3)15-16-31(33-18-19-9-5-8-12-23(19)32)22-11-7-6-10-21(22)27(37)26(28(31)38)29-34-24-14-13-20(35-43(4,39)40)17-25(24)44(41,42)36-29/h5-14,17,33,35,37,41-42H,15-16,18,32H2,1-4H3,(H,34,36). The summed E-state index contributed by atoms with van der Waals surface area (Å²) in [7, 11) is -7.55. The highest BCUT2D eigenvalue weighted by atomic mass is 32.3. The van der Waals surface area contributed by atoms with Gasteiger partial charge in [-0.15, -0.1) is 4.40 Å². The topological polar surface area (TPSA) is 186 Å². The van der Waals surface area contributed by atoms with Crippen LogP contribution in [0.15, 0.2) is 81.6 Å². The van der Waals surface area contributed by atoms with Crippen LogP contribution in [0.2, 0.25) is 0 Å². The number of rotatable bonds is 8. The minimum Gasteiger partial charge on any atom is -0.506 e. The van der Waals surface area contributed by atoms with Gasteiger partial charge in [0.1, 0.15) is 21.8 Å². The van der Waals surface area contributed by atoms with E-state index in [4.69, 9.17) is 5.73 Å². The number of nitrogens with one attached hydrogen (secondary N) is 3. The molecule has 0 spiro atoms. The maximum Gasteiger partial charge on any atom is 0.229 e. The lowest BCUT2D eigenvalue weighted by Crippen LogP contribution is -2.53. The Balaban J connectivity index is 1.64. The minimum absolute atomic E-state index is 0.0599. The number of ketones is 1. The third kappa shape index (κ3) is 6.19. The lowest BCUT2D eigenvalue weighted by atomic mass is 9.69. The second-order valence-electron chi connectivity index (χ2n) is 12.3. The number of amidine groups is 1. The Hall–Kier alpha value is -3.88. The van der Waals surface area contributed by atoms with Crippen molar-refractivity contribution < 1.29 is 27.4 Å². The van der Waals surface area contributed by atoms with E-state index in [9.17, 15) is 27.4 Å². The molecule has 5 rings (SSSR count). The first kappa shape index (κ1) is 31.5. The van der Waals surface area contributed by atoms with Crippen molar-refractivity contribution in [2.75, 3.05) is 22.0 Å². The molecule has 0 fully saturated rings. The van der Waals surface area contributed by atoms with E-state index in [1.807, 2.05) is 18.2 Å². The van der Waals surface area contributed by atoms with Crippen LogP contribution in [-0.2, 0) is 26.9 Å². The van der Waals surface area contributed by atoms with Crippen molar-refractivity contribution in [1.29, 1.82) is 0 Å². The molecule has 1 atom stereocenters. The number of carbonyl (C=O) groups excluding carboxylic acids is 1. The minimum atomic E-state index is -3.92. The Kier molecular flexibility index (Phi) is 8.06. The molecule has 3 aromatic rings. The summed E-state index contributed by atoms with van der Waals surface area (Å²) in [5.41, 5.74) is 7.24. The van der Waals surface area contributed by atoms with E-state index < -0.39 is 32.1 Å². The van der Waals surface area contributed by atoms with Crippen LogP contribution < -0.4 is 21.1 Å². The van der Waals surface area contributed by atoms with Gasteiger partial charge in [0, 0.05) is 17.8 Å². The van der Waals surface area contributed by atoms with Crippen LogP contribution in [0.25, 0.3) is 5.76 Å². The summed E-state index contributed by atoms with van der Waals surface area (Å²) in [6.45, 7) is 6.48. The molecular formula is C31H37N5O6S2. The smallest absolute Gasteiger partial charge is 0.229 e. The zero-order valence-electron chi connectivity index (χ0n) is 24.9. The lowest BCUT2D eigenvalue weighted by molar-refractivity contribution is -0.122. The van der Waals surface area contributed by atoms with Crippen LogP contribution in [-0.4, -0.2) is 40.5 Å². The van der Waals surface area contributed by atoms with Crippen molar-refractivity contribution in [2.45, 2.75) is 50.6 Å². The van der Waals surface area contributed by atoms with E-state index in [-0.39, 0.29) is 45.4 Å². The zero-order chi connectivity index (χ0) is 32.1. The highest BCUT2D eigenvalue weighted by Gasteiger charge is 2.50. The molecule has 0 radical (unpaired) electrons. The summed E-state index contributed by atoms with van der Waals surface area (Å²) in [4.78, 5) is 14.8. The summed E-state index contributed by atoms with van der Waals surface area (Å²) in [6, 6.07) is 18.6. The Morgan fingerprint density at radius 2 is 1.73 bits per heavy atom. The van der Waals surface area contributed by atoms with E-state index in [0.29, 0.717) is 29.7 Å². The highest BCUT2D eigenvalue weighted by Crippen LogP contribution is 2.57. The first-order valence-corrected chi connectivity index (χ1v) is 17.3. The molecule has 0 aromatic heterocycles. The van der Waals surface area contributed by atoms with Gasteiger partial charge in [0.2, 0.25) is 10.0 Å². The van der Waals surface area contributed by atoms with Gasteiger partial charge < -0.3 is 16.2 Å². The molecule has 13 heteroatoms. The molecule has 8 N–H and O–H groups in total. The van der Waals surface area contributed by atoms with E-state index in [0.717, 1.165) is 11.8 Å². The normalized spacial score (nSPS) is 20.2. The monoisotopic (exact) mass is 639 g/mol. The van der Waals surface area contributed by atoms with Gasteiger partial charge in [-0.05, 0) is 53.6 Å². The summed E-state index contributed by atoms with van der Waals surface area (Å²) in [5.74, 6) is -1.05. The molecule has 2 aliphatic rings. The van der Waals surface area contributed by atoms with E-state index >= 15 is 0 Å². The van der Waals surface area contributed by atoms with Crippen LogP contribution >= 0.6 is 10.8 Å². The second kappa shape index (κ2) is 11.2. The van der Waals surface area contributed by atoms with E-state index in [1.54, 1.807) is 30.3 Å². The molecule has 0 amide bonds. The Bertz CT molecular complexity index is 1810. The fourth-order valence-electron chi connectivity index (χ4n) is 5.44. The van der Waals surface area contributed by atoms with Crippen LogP contribution in [0.3, 0.4) is 0 Å². The maximum absolute atomic E-state index is 14.8. The van der Waals surface area contributed by atoms with Gasteiger partial charge >= 0.3 is 0 Å². The molecule has 1 aliphatic heterocycles. The SMILES string of the molecule is CC(C)(C)CCC1(NCc2ccccc2N)C(=O)C(C2=NS(O)(O)c3cc(NS(C)(=O)=O)ccc3N2)=C(O)c2ccccc21. The number of Topliss-reactive ketones (excluding diaryl/α,β-unsaturated/α-hetero) is 1. The van der Waals surface area contributed by atoms with Gasteiger partial charge in [-0.3, -0.25) is 23.9 Å². The second-order valence-corrected chi connectivity index (χ2v) is 15.7. The first-order chi connectivity index (χ1) is 20.5. The van der Waals surface area contributed by atoms with Gasteiger partial charge in [0.05, 0.1) is 17.6 Å². The summed E-state index contributed by atoms with van der Waals surface area (Å²) >= 11 is 0. The van der Waals surface area contributed by atoms with Crippen molar-refractivity contribution in [1.82, 2.24) is 5.32 Å². The van der Waals surface area contributed by atoms with Crippen molar-refractivity contribution in [3.63, 3.8) is 0 Å². The molecule has 44 heavy (non-hydrogen) atoms. The van der Waals surface area contributed by atoms with Crippen LogP contribution in [0.4, 0.5) is 17.1 Å². The zero-order valence-corrected chi connectivity index (χ0v) is 26.5. The predicted octanol–water partition coefficient (Wildman–Crippen LogP) is 5.85. The number of hydrogen-bond acceptors (Lipinski definition) is 10. The van der Waals surface area contributed by atoms with Gasteiger partial charge in [0.25, 0.3) is 0 Å². The number of nitrogens with zero attached hydrogens (tertiary/aromatic N) is 1. The number of benzene rings is 3.